The molecule has 0 saturated heterocycles. The first-order chi connectivity index (χ1) is 9.37. The molecule has 0 aliphatic carbocycles. The number of benzene rings is 1. The summed E-state index contributed by atoms with van der Waals surface area (Å²) >= 11 is 1.57. The first-order valence-electron chi connectivity index (χ1n) is 5.99. The summed E-state index contributed by atoms with van der Waals surface area (Å²) in [7, 11) is -2.64. The van der Waals surface area contributed by atoms with Gasteiger partial charge < -0.3 is 10.5 Å². The van der Waals surface area contributed by atoms with Gasteiger partial charge in [0.1, 0.15) is 0 Å². The lowest BCUT2D eigenvalue weighted by Crippen LogP contribution is -2.44. The number of hydrogen-bond acceptors (Lipinski definition) is 6. The van der Waals surface area contributed by atoms with E-state index in [1.807, 2.05) is 0 Å². The Morgan fingerprint density at radius 2 is 2.20 bits per heavy atom. The first-order valence-corrected chi connectivity index (χ1v) is 8.48. The number of sulfonamides is 1. The van der Waals surface area contributed by atoms with Crippen molar-refractivity contribution in [3.63, 3.8) is 0 Å². The van der Waals surface area contributed by atoms with Crippen molar-refractivity contribution >= 4 is 39.1 Å². The molecule has 1 atom stereocenters. The number of carbonyl (C=O) groups is 1. The Morgan fingerprint density at radius 3 is 2.85 bits per heavy atom. The van der Waals surface area contributed by atoms with Crippen LogP contribution in [0.5, 0.6) is 0 Å². The lowest BCUT2D eigenvalue weighted by Gasteiger charge is -2.31. The highest BCUT2D eigenvalue weighted by Crippen LogP contribution is 2.38. The Hall–Kier alpha value is -1.41. The number of hydrogen-bond donors (Lipinski definition) is 1. The molecular weight excluding hydrogens is 300 g/mol. The smallest absolute Gasteiger partial charge is 0.325 e. The zero-order chi connectivity index (χ0) is 14.9. The second-order valence-corrected chi connectivity index (χ2v) is 7.67. The maximum atomic E-state index is 12.5. The number of esters is 1. The first kappa shape index (κ1) is 15.0. The minimum atomic E-state index is -3.81. The van der Waals surface area contributed by atoms with Crippen molar-refractivity contribution in [1.82, 2.24) is 0 Å². The van der Waals surface area contributed by atoms with E-state index in [1.165, 1.54) is 18.3 Å². The third-order valence-electron chi connectivity index (χ3n) is 3.09. The van der Waals surface area contributed by atoms with Crippen LogP contribution in [0.4, 0.5) is 11.4 Å². The fourth-order valence-corrected chi connectivity index (χ4v) is 4.59. The standard InChI is InChI=1S/C12H16N2O4S2/c1-8(12(15)18-2)20(16,17)14-5-6-19-11-4-3-9(13)7-10(11)14/h3-4,7-8H,5-6,13H2,1-2H3. The van der Waals surface area contributed by atoms with E-state index in [0.29, 0.717) is 23.7 Å². The molecule has 0 spiro atoms. The Bertz CT molecular complexity index is 630. The van der Waals surface area contributed by atoms with Crippen LogP contribution in [0.25, 0.3) is 0 Å². The molecule has 1 aromatic carbocycles. The van der Waals surface area contributed by atoms with Crippen molar-refractivity contribution in [2.24, 2.45) is 0 Å². The molecule has 0 amide bonds. The fraction of sp³-hybridized carbons (Fsp3) is 0.417. The average Bonchev–Trinajstić information content (AvgIpc) is 2.44. The highest BCUT2D eigenvalue weighted by atomic mass is 32.2. The van der Waals surface area contributed by atoms with E-state index >= 15 is 0 Å². The summed E-state index contributed by atoms with van der Waals surface area (Å²) in [5, 5.41) is -1.25. The van der Waals surface area contributed by atoms with Crippen LogP contribution in [0.15, 0.2) is 23.1 Å². The molecule has 6 nitrogen and oxygen atoms in total. The van der Waals surface area contributed by atoms with Gasteiger partial charge in [-0.1, -0.05) is 0 Å². The number of anilines is 2. The maximum Gasteiger partial charge on any atom is 0.325 e. The molecule has 110 valence electrons. The summed E-state index contributed by atoms with van der Waals surface area (Å²) in [6, 6.07) is 5.13. The molecule has 8 heteroatoms. The van der Waals surface area contributed by atoms with E-state index in [2.05, 4.69) is 4.74 Å². The SMILES string of the molecule is COC(=O)C(C)S(=O)(=O)N1CCSc2ccc(N)cc21. The van der Waals surface area contributed by atoms with Crippen LogP contribution in [-0.4, -0.2) is 39.0 Å². The zero-order valence-electron chi connectivity index (χ0n) is 11.2. The van der Waals surface area contributed by atoms with E-state index in [4.69, 9.17) is 5.73 Å². The lowest BCUT2D eigenvalue weighted by atomic mass is 10.3. The molecule has 1 aromatic rings. The summed E-state index contributed by atoms with van der Waals surface area (Å²) < 4.78 is 30.8. The Balaban J connectivity index is 2.45. The van der Waals surface area contributed by atoms with Crippen LogP contribution >= 0.6 is 11.8 Å². The molecule has 2 N–H and O–H groups in total. The van der Waals surface area contributed by atoms with Crippen LogP contribution in [0.3, 0.4) is 0 Å². The molecule has 1 aliphatic rings. The van der Waals surface area contributed by atoms with E-state index in [9.17, 15) is 13.2 Å². The van der Waals surface area contributed by atoms with Crippen LogP contribution in [0, 0.1) is 0 Å². The second-order valence-electron chi connectivity index (χ2n) is 4.36. The quantitative estimate of drug-likeness (QED) is 0.663. The van der Waals surface area contributed by atoms with Gasteiger partial charge in [0.15, 0.2) is 5.25 Å². The van der Waals surface area contributed by atoms with E-state index in [1.54, 1.807) is 30.0 Å². The number of nitrogens with zero attached hydrogens (tertiary/aromatic N) is 1. The van der Waals surface area contributed by atoms with Gasteiger partial charge in [0.05, 0.1) is 12.8 Å². The summed E-state index contributed by atoms with van der Waals surface area (Å²) in [5.74, 6) is -0.141. The van der Waals surface area contributed by atoms with Crippen LogP contribution in [0.2, 0.25) is 0 Å². The minimum absolute atomic E-state index is 0.310. The van der Waals surface area contributed by atoms with Crippen molar-refractivity contribution in [1.29, 1.82) is 0 Å². The van der Waals surface area contributed by atoms with E-state index in [-0.39, 0.29) is 0 Å². The second kappa shape index (κ2) is 5.53. The Labute approximate surface area is 122 Å². The van der Waals surface area contributed by atoms with Gasteiger partial charge in [-0.15, -0.1) is 11.8 Å². The van der Waals surface area contributed by atoms with Gasteiger partial charge in [-0.3, -0.25) is 9.10 Å². The maximum absolute atomic E-state index is 12.5. The van der Waals surface area contributed by atoms with Crippen molar-refractivity contribution in [2.45, 2.75) is 17.1 Å². The van der Waals surface area contributed by atoms with Crippen LogP contribution in [-0.2, 0) is 19.6 Å². The van der Waals surface area contributed by atoms with Crippen molar-refractivity contribution < 1.29 is 17.9 Å². The molecule has 1 aliphatic heterocycles. The summed E-state index contributed by atoms with van der Waals surface area (Å²) in [6.07, 6.45) is 0. The molecule has 0 bridgehead atoms. The lowest BCUT2D eigenvalue weighted by molar-refractivity contribution is -0.139. The minimum Gasteiger partial charge on any atom is -0.468 e. The number of nitrogens with two attached hydrogens (primary N) is 1. The molecule has 20 heavy (non-hydrogen) atoms. The number of fused-ring (bicyclic) bond motifs is 1. The third kappa shape index (κ3) is 2.57. The molecule has 2 rings (SSSR count). The predicted octanol–water partition coefficient (Wildman–Crippen LogP) is 1.07. The van der Waals surface area contributed by atoms with Crippen molar-refractivity contribution in [2.75, 3.05) is 29.4 Å². The predicted molar refractivity (Wildman–Crippen MR) is 79.3 cm³/mol. The average molecular weight is 316 g/mol. The Morgan fingerprint density at radius 1 is 1.50 bits per heavy atom. The molecule has 0 aromatic heterocycles. The van der Waals surface area contributed by atoms with Gasteiger partial charge >= 0.3 is 5.97 Å². The highest BCUT2D eigenvalue weighted by Gasteiger charge is 2.37. The van der Waals surface area contributed by atoms with Crippen LogP contribution < -0.4 is 10.0 Å². The van der Waals surface area contributed by atoms with Gasteiger partial charge in [-0.2, -0.15) is 0 Å². The van der Waals surface area contributed by atoms with Crippen molar-refractivity contribution in [3.05, 3.63) is 18.2 Å². The van der Waals surface area contributed by atoms with Crippen molar-refractivity contribution in [3.8, 4) is 0 Å². The Kier molecular flexibility index (Phi) is 4.14. The third-order valence-corrected chi connectivity index (χ3v) is 6.21. The van der Waals surface area contributed by atoms with Gasteiger partial charge in [0.2, 0.25) is 10.0 Å². The summed E-state index contributed by atoms with van der Waals surface area (Å²) in [5.41, 5.74) is 6.74. The number of ether oxygens (including phenoxy) is 1. The molecule has 1 heterocycles. The van der Waals surface area contributed by atoms with Gasteiger partial charge in [0.25, 0.3) is 0 Å². The molecular formula is C12H16N2O4S2. The monoisotopic (exact) mass is 316 g/mol. The number of methoxy groups -OCH3 is 1. The van der Waals surface area contributed by atoms with E-state index < -0.39 is 21.2 Å². The molecule has 0 fully saturated rings. The summed E-state index contributed by atoms with van der Waals surface area (Å²) in [4.78, 5) is 12.4. The van der Waals surface area contributed by atoms with Gasteiger partial charge in [-0.25, -0.2) is 8.42 Å². The summed E-state index contributed by atoms with van der Waals surface area (Å²) in [6.45, 7) is 1.64. The largest absolute Gasteiger partial charge is 0.468 e. The molecule has 0 radical (unpaired) electrons. The number of thioether (sulfide) groups is 1. The number of carbonyl (C=O) groups excluding carboxylic acids is 1. The molecule has 1 unspecified atom stereocenters. The van der Waals surface area contributed by atoms with Crippen LogP contribution in [0.1, 0.15) is 6.92 Å². The van der Waals surface area contributed by atoms with Gasteiger partial charge in [0, 0.05) is 22.9 Å². The van der Waals surface area contributed by atoms with Gasteiger partial charge in [-0.05, 0) is 25.1 Å². The topological polar surface area (TPSA) is 89.7 Å². The molecule has 0 saturated carbocycles. The normalized spacial score (nSPS) is 16.4. The van der Waals surface area contributed by atoms with E-state index in [0.717, 1.165) is 4.90 Å². The number of nitrogen functional groups attached to an aromatic ring is 1. The number of rotatable bonds is 3. The highest BCUT2D eigenvalue weighted by molar-refractivity contribution is 8.00. The zero-order valence-corrected chi connectivity index (χ0v) is 12.8. The fourth-order valence-electron chi connectivity index (χ4n) is 1.95.